The van der Waals surface area contributed by atoms with Gasteiger partial charge in [-0.15, -0.1) is 0 Å². The molecule has 1 aromatic carbocycles. The van der Waals surface area contributed by atoms with E-state index in [1.165, 1.54) is 18.5 Å². The molecule has 2 aromatic rings. The highest BCUT2D eigenvalue weighted by molar-refractivity contribution is 5.61. The van der Waals surface area contributed by atoms with Crippen LogP contribution < -0.4 is 0 Å². The Bertz CT molecular complexity index is 485. The summed E-state index contributed by atoms with van der Waals surface area (Å²) in [6.45, 7) is 0. The lowest BCUT2D eigenvalue weighted by molar-refractivity contribution is -0.384. The van der Waals surface area contributed by atoms with Crippen LogP contribution in [0.4, 0.5) is 5.69 Å². The molecule has 0 amide bonds. The standard InChI is InChI=1S/C10H7N3O2/c14-13(15)9-3-1-2-8(6-9)10-4-5-11-7-12-10/h1-7H. The molecule has 0 saturated heterocycles. The first-order valence-electron chi connectivity index (χ1n) is 4.28. The monoisotopic (exact) mass is 201 g/mol. The lowest BCUT2D eigenvalue weighted by atomic mass is 10.1. The van der Waals surface area contributed by atoms with E-state index in [0.29, 0.717) is 11.3 Å². The van der Waals surface area contributed by atoms with Gasteiger partial charge in [0.05, 0.1) is 10.6 Å². The molecule has 15 heavy (non-hydrogen) atoms. The molecular formula is C10H7N3O2. The van der Waals surface area contributed by atoms with Gasteiger partial charge in [0.15, 0.2) is 0 Å². The van der Waals surface area contributed by atoms with E-state index in [1.54, 1.807) is 24.4 Å². The van der Waals surface area contributed by atoms with Gasteiger partial charge in [0.25, 0.3) is 5.69 Å². The maximum Gasteiger partial charge on any atom is 0.270 e. The summed E-state index contributed by atoms with van der Waals surface area (Å²) in [7, 11) is 0. The zero-order valence-electron chi connectivity index (χ0n) is 7.70. The van der Waals surface area contributed by atoms with Gasteiger partial charge >= 0.3 is 0 Å². The van der Waals surface area contributed by atoms with Crippen LogP contribution in [-0.4, -0.2) is 14.9 Å². The van der Waals surface area contributed by atoms with Crippen LogP contribution in [0.2, 0.25) is 0 Å². The van der Waals surface area contributed by atoms with Crippen LogP contribution in [0.3, 0.4) is 0 Å². The molecule has 0 atom stereocenters. The SMILES string of the molecule is O=[N+]([O-])c1cccc(-c2ccncn2)c1. The van der Waals surface area contributed by atoms with Crippen LogP contribution >= 0.6 is 0 Å². The van der Waals surface area contributed by atoms with E-state index < -0.39 is 4.92 Å². The first-order valence-corrected chi connectivity index (χ1v) is 4.28. The molecule has 2 rings (SSSR count). The molecule has 1 aromatic heterocycles. The minimum absolute atomic E-state index is 0.0612. The minimum atomic E-state index is -0.426. The van der Waals surface area contributed by atoms with E-state index in [-0.39, 0.29) is 5.69 Å². The smallest absolute Gasteiger partial charge is 0.258 e. The van der Waals surface area contributed by atoms with Crippen molar-refractivity contribution in [2.45, 2.75) is 0 Å². The van der Waals surface area contributed by atoms with E-state index in [4.69, 9.17) is 0 Å². The van der Waals surface area contributed by atoms with Gasteiger partial charge in [-0.2, -0.15) is 0 Å². The third-order valence-electron chi connectivity index (χ3n) is 1.93. The topological polar surface area (TPSA) is 68.9 Å². The van der Waals surface area contributed by atoms with Gasteiger partial charge in [-0.1, -0.05) is 12.1 Å². The summed E-state index contributed by atoms with van der Waals surface area (Å²) in [6, 6.07) is 8.05. The summed E-state index contributed by atoms with van der Waals surface area (Å²) in [4.78, 5) is 17.9. The molecule has 0 spiro atoms. The van der Waals surface area contributed by atoms with E-state index in [9.17, 15) is 10.1 Å². The molecule has 0 N–H and O–H groups in total. The highest BCUT2D eigenvalue weighted by Gasteiger charge is 2.06. The van der Waals surface area contributed by atoms with Crippen LogP contribution in [0.5, 0.6) is 0 Å². The second-order valence-corrected chi connectivity index (χ2v) is 2.90. The number of non-ortho nitro benzene ring substituents is 1. The molecule has 5 heteroatoms. The molecule has 0 aliphatic rings. The van der Waals surface area contributed by atoms with Crippen molar-refractivity contribution in [1.82, 2.24) is 9.97 Å². The number of benzene rings is 1. The van der Waals surface area contributed by atoms with Crippen molar-refractivity contribution >= 4 is 5.69 Å². The van der Waals surface area contributed by atoms with Crippen molar-refractivity contribution in [3.05, 3.63) is 53.0 Å². The summed E-state index contributed by atoms with van der Waals surface area (Å²) in [5.41, 5.74) is 1.45. The number of aromatic nitrogens is 2. The normalized spacial score (nSPS) is 9.87. The summed E-state index contributed by atoms with van der Waals surface area (Å²) in [5, 5.41) is 10.6. The molecule has 0 fully saturated rings. The molecule has 0 saturated carbocycles. The lowest BCUT2D eigenvalue weighted by Gasteiger charge is -1.98. The van der Waals surface area contributed by atoms with Crippen LogP contribution in [0.15, 0.2) is 42.9 Å². The second kappa shape index (κ2) is 3.83. The van der Waals surface area contributed by atoms with Crippen molar-refractivity contribution < 1.29 is 4.92 Å². The number of rotatable bonds is 2. The predicted octanol–water partition coefficient (Wildman–Crippen LogP) is 2.05. The molecule has 5 nitrogen and oxygen atoms in total. The summed E-state index contributed by atoms with van der Waals surface area (Å²) < 4.78 is 0. The Morgan fingerprint density at radius 1 is 1.27 bits per heavy atom. The van der Waals surface area contributed by atoms with Crippen molar-refractivity contribution in [3.63, 3.8) is 0 Å². The first-order chi connectivity index (χ1) is 7.27. The Morgan fingerprint density at radius 3 is 2.80 bits per heavy atom. The molecule has 74 valence electrons. The van der Waals surface area contributed by atoms with Gasteiger partial charge < -0.3 is 0 Å². The van der Waals surface area contributed by atoms with Gasteiger partial charge in [0.1, 0.15) is 6.33 Å². The molecule has 0 unspecified atom stereocenters. The Morgan fingerprint density at radius 2 is 2.13 bits per heavy atom. The van der Waals surface area contributed by atoms with Crippen molar-refractivity contribution in [1.29, 1.82) is 0 Å². The van der Waals surface area contributed by atoms with Gasteiger partial charge in [-0.3, -0.25) is 10.1 Å². The Hall–Kier alpha value is -2.30. The molecule has 0 radical (unpaired) electrons. The third-order valence-corrected chi connectivity index (χ3v) is 1.93. The van der Waals surface area contributed by atoms with E-state index in [0.717, 1.165) is 0 Å². The molecule has 0 aliphatic carbocycles. The molecular weight excluding hydrogens is 194 g/mol. The molecule has 0 aliphatic heterocycles. The fourth-order valence-electron chi connectivity index (χ4n) is 1.24. The number of nitro benzene ring substituents is 1. The fraction of sp³-hybridized carbons (Fsp3) is 0. The van der Waals surface area contributed by atoms with Gasteiger partial charge in [-0.05, 0) is 6.07 Å². The Kier molecular flexibility index (Phi) is 2.37. The van der Waals surface area contributed by atoms with Crippen molar-refractivity contribution in [2.75, 3.05) is 0 Å². The molecule has 0 bridgehead atoms. The largest absolute Gasteiger partial charge is 0.270 e. The maximum absolute atomic E-state index is 10.6. The van der Waals surface area contributed by atoms with Gasteiger partial charge in [0, 0.05) is 23.9 Å². The van der Waals surface area contributed by atoms with Gasteiger partial charge in [-0.25, -0.2) is 9.97 Å². The summed E-state index contributed by atoms with van der Waals surface area (Å²) in [5.74, 6) is 0. The molecule has 1 heterocycles. The van der Waals surface area contributed by atoms with Crippen molar-refractivity contribution in [3.8, 4) is 11.3 Å². The first kappa shape index (κ1) is 9.26. The number of hydrogen-bond acceptors (Lipinski definition) is 4. The second-order valence-electron chi connectivity index (χ2n) is 2.90. The number of nitrogens with zero attached hydrogens (tertiary/aromatic N) is 3. The summed E-state index contributed by atoms with van der Waals surface area (Å²) in [6.07, 6.45) is 3.01. The van der Waals surface area contributed by atoms with Gasteiger partial charge in [0.2, 0.25) is 0 Å². The van der Waals surface area contributed by atoms with Crippen LogP contribution in [0.1, 0.15) is 0 Å². The van der Waals surface area contributed by atoms with E-state index in [2.05, 4.69) is 9.97 Å². The fourth-order valence-corrected chi connectivity index (χ4v) is 1.24. The Labute approximate surface area is 85.6 Å². The Balaban J connectivity index is 2.46. The quantitative estimate of drug-likeness (QED) is 0.550. The van der Waals surface area contributed by atoms with Crippen LogP contribution in [0, 0.1) is 10.1 Å². The number of hydrogen-bond donors (Lipinski definition) is 0. The van der Waals surface area contributed by atoms with E-state index >= 15 is 0 Å². The highest BCUT2D eigenvalue weighted by atomic mass is 16.6. The summed E-state index contributed by atoms with van der Waals surface area (Å²) >= 11 is 0. The van der Waals surface area contributed by atoms with Crippen molar-refractivity contribution in [2.24, 2.45) is 0 Å². The van der Waals surface area contributed by atoms with Crippen LogP contribution in [0.25, 0.3) is 11.3 Å². The average Bonchev–Trinajstić information content (AvgIpc) is 2.30. The zero-order chi connectivity index (χ0) is 10.7. The maximum atomic E-state index is 10.6. The minimum Gasteiger partial charge on any atom is -0.258 e. The third kappa shape index (κ3) is 1.96. The average molecular weight is 201 g/mol. The number of nitro groups is 1. The predicted molar refractivity (Wildman–Crippen MR) is 54.1 cm³/mol. The lowest BCUT2D eigenvalue weighted by Crippen LogP contribution is -1.89. The zero-order valence-corrected chi connectivity index (χ0v) is 7.70. The van der Waals surface area contributed by atoms with E-state index in [1.807, 2.05) is 0 Å². The van der Waals surface area contributed by atoms with Crippen LogP contribution in [-0.2, 0) is 0 Å². The highest BCUT2D eigenvalue weighted by Crippen LogP contribution is 2.21.